The minimum atomic E-state index is -1.75. The van der Waals surface area contributed by atoms with E-state index in [1.165, 1.54) is 36.4 Å². The smallest absolute Gasteiger partial charge is 0.338 e. The molecule has 0 spiro atoms. The standard InChI is InChI=1S/C32H31Cl2F2N3O3/c1-5-42-30(41)18-8-6-9-20(14-18)38-29(40)28-26(21-10-7-11-23(34)27(21)36)32(17-37,25(39-28)16-31(2,3)4)22-13-12-19(33)15-24(22)35/h6-15,25-26,28,39H,5,16H2,1-4H3,(H,38,40)/t25-,26?,28+,32-/m0/s1. The van der Waals surface area contributed by atoms with Gasteiger partial charge in [0.05, 0.1) is 29.3 Å². The van der Waals surface area contributed by atoms with Gasteiger partial charge in [0.15, 0.2) is 0 Å². The summed E-state index contributed by atoms with van der Waals surface area (Å²) in [6.45, 7) is 7.74. The Labute approximate surface area is 254 Å². The van der Waals surface area contributed by atoms with E-state index in [1.54, 1.807) is 25.1 Å². The molecule has 10 heteroatoms. The van der Waals surface area contributed by atoms with E-state index in [1.807, 2.05) is 20.8 Å². The number of esters is 1. The van der Waals surface area contributed by atoms with Gasteiger partial charge in [-0.25, -0.2) is 13.6 Å². The van der Waals surface area contributed by atoms with Crippen molar-refractivity contribution < 1.29 is 23.1 Å². The third kappa shape index (κ3) is 6.14. The molecular weight excluding hydrogens is 583 g/mol. The van der Waals surface area contributed by atoms with Crippen molar-refractivity contribution in [3.8, 4) is 6.07 Å². The Morgan fingerprint density at radius 2 is 1.81 bits per heavy atom. The lowest BCUT2D eigenvalue weighted by molar-refractivity contribution is -0.118. The molecule has 2 N–H and O–H groups in total. The fraction of sp³-hybridized carbons (Fsp3) is 0.344. The van der Waals surface area contributed by atoms with Crippen LogP contribution in [0.2, 0.25) is 10.0 Å². The summed E-state index contributed by atoms with van der Waals surface area (Å²) in [5.74, 6) is -3.93. The summed E-state index contributed by atoms with van der Waals surface area (Å²) in [6.07, 6.45) is 0.337. The van der Waals surface area contributed by atoms with Gasteiger partial charge in [-0.05, 0) is 60.7 Å². The van der Waals surface area contributed by atoms with E-state index in [2.05, 4.69) is 16.7 Å². The van der Waals surface area contributed by atoms with Gasteiger partial charge in [-0.2, -0.15) is 5.26 Å². The molecule has 3 aromatic carbocycles. The summed E-state index contributed by atoms with van der Waals surface area (Å²) < 4.78 is 36.6. The summed E-state index contributed by atoms with van der Waals surface area (Å²) in [5, 5.41) is 16.9. The number of rotatable bonds is 7. The number of benzene rings is 3. The third-order valence-corrected chi connectivity index (χ3v) is 7.90. The van der Waals surface area contributed by atoms with E-state index in [9.17, 15) is 14.9 Å². The average Bonchev–Trinajstić information content (AvgIpc) is 3.23. The molecule has 6 nitrogen and oxygen atoms in total. The molecule has 0 aliphatic carbocycles. The maximum atomic E-state index is 15.8. The van der Waals surface area contributed by atoms with Gasteiger partial charge in [-0.3, -0.25) is 4.79 Å². The maximum absolute atomic E-state index is 15.8. The SMILES string of the molecule is CCOC(=O)c1cccc(NC(=O)[C@@H]2N[C@@H](CC(C)(C)C)[C@](C#N)(c3ccc(Cl)cc3F)C2c2cccc(Cl)c2F)c1. The van der Waals surface area contributed by atoms with E-state index < -0.39 is 46.9 Å². The van der Waals surface area contributed by atoms with Gasteiger partial charge in [0.2, 0.25) is 5.91 Å². The van der Waals surface area contributed by atoms with Crippen molar-refractivity contribution in [3.05, 3.63) is 99.0 Å². The van der Waals surface area contributed by atoms with Crippen molar-refractivity contribution in [1.82, 2.24) is 5.32 Å². The highest BCUT2D eigenvalue weighted by Crippen LogP contribution is 2.52. The highest BCUT2D eigenvalue weighted by Gasteiger charge is 2.61. The van der Waals surface area contributed by atoms with Crippen LogP contribution < -0.4 is 10.6 Å². The second-order valence-electron chi connectivity index (χ2n) is 11.5. The lowest BCUT2D eigenvalue weighted by Crippen LogP contribution is -2.45. The number of nitriles is 1. The first-order chi connectivity index (χ1) is 19.8. The van der Waals surface area contributed by atoms with Crippen LogP contribution in [-0.4, -0.2) is 30.6 Å². The number of nitrogens with zero attached hydrogens (tertiary/aromatic N) is 1. The molecule has 0 radical (unpaired) electrons. The lowest BCUT2D eigenvalue weighted by Gasteiger charge is -2.37. The molecule has 42 heavy (non-hydrogen) atoms. The number of carbonyl (C=O) groups is 2. The van der Waals surface area contributed by atoms with Gasteiger partial charge in [0, 0.05) is 28.2 Å². The zero-order valence-corrected chi connectivity index (χ0v) is 25.1. The molecule has 1 amide bonds. The Morgan fingerprint density at radius 1 is 1.10 bits per heavy atom. The van der Waals surface area contributed by atoms with Crippen LogP contribution in [0.5, 0.6) is 0 Å². The van der Waals surface area contributed by atoms with E-state index in [4.69, 9.17) is 27.9 Å². The predicted octanol–water partition coefficient (Wildman–Crippen LogP) is 7.41. The van der Waals surface area contributed by atoms with E-state index >= 15 is 8.78 Å². The first-order valence-electron chi connectivity index (χ1n) is 13.5. The van der Waals surface area contributed by atoms with Gasteiger partial charge in [-0.15, -0.1) is 0 Å². The molecule has 1 aliphatic heterocycles. The number of nitrogens with one attached hydrogen (secondary N) is 2. The Morgan fingerprint density at radius 3 is 2.45 bits per heavy atom. The largest absolute Gasteiger partial charge is 0.462 e. The summed E-state index contributed by atoms with van der Waals surface area (Å²) >= 11 is 12.3. The van der Waals surface area contributed by atoms with Crippen LogP contribution >= 0.6 is 23.2 Å². The molecule has 1 fully saturated rings. The van der Waals surface area contributed by atoms with Crippen molar-refractivity contribution in [3.63, 3.8) is 0 Å². The topological polar surface area (TPSA) is 91.2 Å². The summed E-state index contributed by atoms with van der Waals surface area (Å²) in [5.41, 5.74) is -1.63. The lowest BCUT2D eigenvalue weighted by atomic mass is 9.62. The van der Waals surface area contributed by atoms with Crippen molar-refractivity contribution in [1.29, 1.82) is 5.26 Å². The first-order valence-corrected chi connectivity index (χ1v) is 14.2. The van der Waals surface area contributed by atoms with E-state index in [-0.39, 0.29) is 44.4 Å². The highest BCUT2D eigenvalue weighted by molar-refractivity contribution is 6.31. The first kappa shape index (κ1) is 31.4. The van der Waals surface area contributed by atoms with Crippen LogP contribution in [0.1, 0.15) is 61.5 Å². The monoisotopic (exact) mass is 613 g/mol. The highest BCUT2D eigenvalue weighted by atomic mass is 35.5. The number of hydrogen-bond acceptors (Lipinski definition) is 5. The maximum Gasteiger partial charge on any atom is 0.338 e. The molecule has 0 saturated carbocycles. The molecule has 4 atom stereocenters. The van der Waals surface area contributed by atoms with Gasteiger partial charge in [0.1, 0.15) is 17.0 Å². The molecule has 1 saturated heterocycles. The van der Waals surface area contributed by atoms with Crippen LogP contribution in [0.15, 0.2) is 60.7 Å². The third-order valence-electron chi connectivity index (χ3n) is 7.37. The molecule has 1 unspecified atom stereocenters. The van der Waals surface area contributed by atoms with Crippen LogP contribution in [0.4, 0.5) is 14.5 Å². The van der Waals surface area contributed by atoms with Crippen molar-refractivity contribution >= 4 is 40.8 Å². The fourth-order valence-corrected chi connectivity index (χ4v) is 6.06. The molecule has 0 aromatic heterocycles. The Hall–Kier alpha value is -3.51. The van der Waals surface area contributed by atoms with Gasteiger partial charge >= 0.3 is 5.97 Å². The summed E-state index contributed by atoms with van der Waals surface area (Å²) in [6, 6.07) is 14.8. The number of ether oxygens (including phenoxy) is 1. The number of anilines is 1. The van der Waals surface area contributed by atoms with Crippen molar-refractivity contribution in [2.75, 3.05) is 11.9 Å². The van der Waals surface area contributed by atoms with Crippen LogP contribution in [0, 0.1) is 28.4 Å². The zero-order chi connectivity index (χ0) is 30.8. The summed E-state index contributed by atoms with van der Waals surface area (Å²) in [4.78, 5) is 26.3. The number of carbonyl (C=O) groups excluding carboxylic acids is 2. The average molecular weight is 615 g/mol. The second kappa shape index (κ2) is 12.4. The molecule has 3 aromatic rings. The van der Waals surface area contributed by atoms with E-state index in [0.29, 0.717) is 6.42 Å². The summed E-state index contributed by atoms with van der Waals surface area (Å²) in [7, 11) is 0. The van der Waals surface area contributed by atoms with Crippen LogP contribution in [0.3, 0.4) is 0 Å². The molecule has 0 bridgehead atoms. The molecule has 4 rings (SSSR count). The Balaban J connectivity index is 1.90. The molecule has 220 valence electrons. The van der Waals surface area contributed by atoms with Gasteiger partial charge in [0.25, 0.3) is 0 Å². The number of halogens is 4. The quantitative estimate of drug-likeness (QED) is 0.271. The Bertz CT molecular complexity index is 1550. The van der Waals surface area contributed by atoms with Crippen LogP contribution in [0.25, 0.3) is 0 Å². The predicted molar refractivity (Wildman–Crippen MR) is 159 cm³/mol. The molecule has 1 heterocycles. The zero-order valence-electron chi connectivity index (χ0n) is 23.6. The van der Waals surface area contributed by atoms with Crippen LogP contribution in [-0.2, 0) is 14.9 Å². The number of hydrogen-bond donors (Lipinski definition) is 2. The second-order valence-corrected chi connectivity index (χ2v) is 12.3. The number of amides is 1. The molecule has 1 aliphatic rings. The fourth-order valence-electron chi connectivity index (χ4n) is 5.72. The van der Waals surface area contributed by atoms with E-state index in [0.717, 1.165) is 6.07 Å². The van der Waals surface area contributed by atoms with Crippen molar-refractivity contribution in [2.24, 2.45) is 5.41 Å². The molecular formula is C32H31Cl2F2N3O3. The Kier molecular flexibility index (Phi) is 9.27. The van der Waals surface area contributed by atoms with Gasteiger partial charge < -0.3 is 15.4 Å². The normalized spacial score (nSPS) is 21.9. The van der Waals surface area contributed by atoms with Gasteiger partial charge in [-0.1, -0.05) is 68.2 Å². The van der Waals surface area contributed by atoms with Crippen molar-refractivity contribution in [2.45, 2.75) is 57.5 Å². The minimum Gasteiger partial charge on any atom is -0.462 e. The minimum absolute atomic E-state index is 0.0114.